The van der Waals surface area contributed by atoms with Gasteiger partial charge in [-0.3, -0.25) is 9.52 Å². The van der Waals surface area contributed by atoms with Crippen molar-refractivity contribution in [2.45, 2.75) is 11.8 Å². The fourth-order valence-corrected chi connectivity index (χ4v) is 4.27. The van der Waals surface area contributed by atoms with Crippen LogP contribution in [0.5, 0.6) is 0 Å². The van der Waals surface area contributed by atoms with Crippen LogP contribution >= 0.6 is 11.6 Å². The second-order valence-corrected chi connectivity index (χ2v) is 8.43. The lowest BCUT2D eigenvalue weighted by atomic mass is 10.1. The average Bonchev–Trinajstić information content (AvgIpc) is 2.69. The van der Waals surface area contributed by atoms with E-state index in [2.05, 4.69) is 16.5 Å². The lowest BCUT2D eigenvalue weighted by molar-refractivity contribution is 0.0643. The first-order chi connectivity index (χ1) is 12.9. The Bertz CT molecular complexity index is 911. The summed E-state index contributed by atoms with van der Waals surface area (Å²) < 4.78 is 27.5. The van der Waals surface area contributed by atoms with Gasteiger partial charge in [0.2, 0.25) is 0 Å². The first kappa shape index (κ1) is 19.7. The number of carbonyl (C=O) groups excluding carboxylic acids is 1. The highest BCUT2D eigenvalue weighted by Crippen LogP contribution is 2.24. The van der Waals surface area contributed by atoms with Crippen molar-refractivity contribution in [2.75, 3.05) is 37.4 Å². The molecule has 6 nitrogen and oxygen atoms in total. The third kappa shape index (κ3) is 4.61. The molecule has 1 saturated heterocycles. The predicted octanol–water partition coefficient (Wildman–Crippen LogP) is 2.92. The molecule has 0 saturated carbocycles. The third-order valence-corrected chi connectivity index (χ3v) is 6.34. The van der Waals surface area contributed by atoms with E-state index in [1.54, 1.807) is 35.2 Å². The molecule has 3 rings (SSSR count). The van der Waals surface area contributed by atoms with Gasteiger partial charge in [-0.15, -0.1) is 0 Å². The number of piperazine rings is 1. The quantitative estimate of drug-likeness (QED) is 0.827. The van der Waals surface area contributed by atoms with Crippen LogP contribution in [0.15, 0.2) is 53.4 Å². The van der Waals surface area contributed by atoms with Crippen LogP contribution in [-0.2, 0) is 10.0 Å². The predicted molar refractivity (Wildman–Crippen MR) is 107 cm³/mol. The number of nitrogens with one attached hydrogen (secondary N) is 1. The van der Waals surface area contributed by atoms with E-state index in [0.29, 0.717) is 29.4 Å². The molecular weight excluding hydrogens is 386 g/mol. The Morgan fingerprint density at radius 1 is 1.07 bits per heavy atom. The molecule has 2 aromatic carbocycles. The van der Waals surface area contributed by atoms with Gasteiger partial charge in [0.15, 0.2) is 0 Å². The van der Waals surface area contributed by atoms with Crippen molar-refractivity contribution < 1.29 is 13.2 Å². The van der Waals surface area contributed by atoms with Gasteiger partial charge in [0.25, 0.3) is 15.9 Å². The zero-order valence-corrected chi connectivity index (χ0v) is 16.6. The van der Waals surface area contributed by atoms with Gasteiger partial charge in [0, 0.05) is 31.9 Å². The summed E-state index contributed by atoms with van der Waals surface area (Å²) >= 11 is 6.22. The van der Waals surface area contributed by atoms with Crippen LogP contribution in [0.25, 0.3) is 0 Å². The molecule has 1 heterocycles. The number of hydrogen-bond donors (Lipinski definition) is 1. The zero-order valence-electron chi connectivity index (χ0n) is 15.1. The van der Waals surface area contributed by atoms with E-state index in [1.807, 2.05) is 0 Å². The van der Waals surface area contributed by atoms with Crippen LogP contribution in [0, 0.1) is 0 Å². The Balaban J connectivity index is 1.79. The second kappa shape index (κ2) is 8.29. The number of halogens is 1. The van der Waals surface area contributed by atoms with Gasteiger partial charge in [-0.05, 0) is 36.9 Å². The fraction of sp³-hybridized carbons (Fsp3) is 0.316. The molecule has 27 heavy (non-hydrogen) atoms. The fourth-order valence-electron chi connectivity index (χ4n) is 3.00. The minimum Gasteiger partial charge on any atom is -0.336 e. The van der Waals surface area contributed by atoms with E-state index in [4.69, 9.17) is 11.6 Å². The summed E-state index contributed by atoms with van der Waals surface area (Å²) in [5, 5.41) is 0.306. The molecule has 0 aliphatic carbocycles. The first-order valence-corrected chi connectivity index (χ1v) is 10.7. The molecule has 8 heteroatoms. The number of carbonyl (C=O) groups is 1. The van der Waals surface area contributed by atoms with Crippen molar-refractivity contribution in [3.63, 3.8) is 0 Å². The Hall–Kier alpha value is -2.09. The normalized spacial score (nSPS) is 15.6. The second-order valence-electron chi connectivity index (χ2n) is 6.34. The van der Waals surface area contributed by atoms with Gasteiger partial charge in [-0.2, -0.15) is 0 Å². The highest BCUT2D eigenvalue weighted by atomic mass is 35.5. The highest BCUT2D eigenvalue weighted by Gasteiger charge is 2.24. The number of likely N-dealkylation sites (N-methyl/N-ethyl adjacent to an activating group) is 1. The zero-order chi connectivity index (χ0) is 19.4. The average molecular weight is 408 g/mol. The largest absolute Gasteiger partial charge is 0.336 e. The van der Waals surface area contributed by atoms with E-state index in [-0.39, 0.29) is 10.8 Å². The topological polar surface area (TPSA) is 69.7 Å². The molecule has 0 aromatic heterocycles. The number of anilines is 1. The van der Waals surface area contributed by atoms with E-state index < -0.39 is 10.0 Å². The molecular formula is C19H22ClN3O3S. The van der Waals surface area contributed by atoms with Gasteiger partial charge in [0.05, 0.1) is 15.5 Å². The SMILES string of the molecule is CCN1CCN(C(=O)c2cc(NS(=O)(=O)c3ccccc3)ccc2Cl)CC1. The summed E-state index contributed by atoms with van der Waals surface area (Å²) in [4.78, 5) is 17.0. The van der Waals surface area contributed by atoms with Crippen LogP contribution in [0.4, 0.5) is 5.69 Å². The number of benzene rings is 2. The van der Waals surface area contributed by atoms with Crippen molar-refractivity contribution in [1.29, 1.82) is 0 Å². The van der Waals surface area contributed by atoms with Gasteiger partial charge >= 0.3 is 0 Å². The number of sulfonamides is 1. The Labute approximate surface area is 164 Å². The minimum absolute atomic E-state index is 0.156. The summed E-state index contributed by atoms with van der Waals surface area (Å²) in [6, 6.07) is 12.7. The van der Waals surface area contributed by atoms with Gasteiger partial charge in [-0.25, -0.2) is 8.42 Å². The third-order valence-electron chi connectivity index (χ3n) is 4.61. The maximum atomic E-state index is 12.8. The van der Waals surface area contributed by atoms with Crippen LogP contribution in [-0.4, -0.2) is 56.8 Å². The van der Waals surface area contributed by atoms with Crippen molar-refractivity contribution in [3.8, 4) is 0 Å². The smallest absolute Gasteiger partial charge is 0.261 e. The standard InChI is InChI=1S/C19H22ClN3O3S/c1-2-22-10-12-23(13-11-22)19(24)17-14-15(8-9-18(17)20)21-27(25,26)16-6-4-3-5-7-16/h3-9,14,21H,2,10-13H2,1H3. The molecule has 144 valence electrons. The molecule has 0 bridgehead atoms. The highest BCUT2D eigenvalue weighted by molar-refractivity contribution is 7.92. The molecule has 0 spiro atoms. The van der Waals surface area contributed by atoms with Crippen molar-refractivity contribution in [1.82, 2.24) is 9.80 Å². The van der Waals surface area contributed by atoms with Crippen LogP contribution in [0.3, 0.4) is 0 Å². The van der Waals surface area contributed by atoms with Crippen LogP contribution in [0.2, 0.25) is 5.02 Å². The maximum Gasteiger partial charge on any atom is 0.261 e. The summed E-state index contributed by atoms with van der Waals surface area (Å²) in [6.07, 6.45) is 0. The summed E-state index contributed by atoms with van der Waals surface area (Å²) in [5.74, 6) is -0.184. The first-order valence-electron chi connectivity index (χ1n) is 8.80. The molecule has 0 unspecified atom stereocenters. The van der Waals surface area contributed by atoms with Gasteiger partial charge < -0.3 is 9.80 Å². The number of hydrogen-bond acceptors (Lipinski definition) is 4. The molecule has 0 radical (unpaired) electrons. The van der Waals surface area contributed by atoms with Crippen molar-refractivity contribution in [2.24, 2.45) is 0 Å². The van der Waals surface area contributed by atoms with Gasteiger partial charge in [0.1, 0.15) is 0 Å². The Morgan fingerprint density at radius 2 is 1.74 bits per heavy atom. The summed E-state index contributed by atoms with van der Waals surface area (Å²) in [7, 11) is -3.73. The molecule has 2 aromatic rings. The maximum absolute atomic E-state index is 12.8. The lowest BCUT2D eigenvalue weighted by Crippen LogP contribution is -2.48. The molecule has 1 fully saturated rings. The Kier molecular flexibility index (Phi) is 6.04. The molecule has 1 aliphatic rings. The summed E-state index contributed by atoms with van der Waals surface area (Å²) in [5.41, 5.74) is 0.605. The van der Waals surface area contributed by atoms with E-state index in [9.17, 15) is 13.2 Å². The number of rotatable bonds is 5. The number of nitrogens with zero attached hydrogens (tertiary/aromatic N) is 2. The van der Waals surface area contributed by atoms with Crippen LogP contribution < -0.4 is 4.72 Å². The monoisotopic (exact) mass is 407 g/mol. The minimum atomic E-state index is -3.73. The van der Waals surface area contributed by atoms with E-state index >= 15 is 0 Å². The number of amides is 1. The molecule has 0 atom stereocenters. The van der Waals surface area contributed by atoms with Crippen molar-refractivity contribution in [3.05, 3.63) is 59.1 Å². The molecule has 1 aliphatic heterocycles. The van der Waals surface area contributed by atoms with Gasteiger partial charge in [-0.1, -0.05) is 36.7 Å². The summed E-state index contributed by atoms with van der Waals surface area (Å²) in [6.45, 7) is 5.95. The Morgan fingerprint density at radius 3 is 2.37 bits per heavy atom. The van der Waals surface area contributed by atoms with Crippen LogP contribution in [0.1, 0.15) is 17.3 Å². The van der Waals surface area contributed by atoms with Crippen molar-refractivity contribution >= 4 is 33.2 Å². The molecule has 1 amide bonds. The van der Waals surface area contributed by atoms with E-state index in [1.165, 1.54) is 18.2 Å². The molecule has 1 N–H and O–H groups in total. The lowest BCUT2D eigenvalue weighted by Gasteiger charge is -2.34. The van der Waals surface area contributed by atoms with E-state index in [0.717, 1.165) is 19.6 Å².